The molecule has 0 radical (unpaired) electrons. The second-order valence-corrected chi connectivity index (χ2v) is 8.60. The minimum atomic E-state index is -0.578. The zero-order valence-electron chi connectivity index (χ0n) is 16.9. The van der Waals surface area contributed by atoms with Gasteiger partial charge in [0, 0.05) is 0 Å². The number of benzene rings is 1. The Kier molecular flexibility index (Phi) is 7.70. The molecular weight excluding hydrogens is 524 g/mol. The minimum absolute atomic E-state index is 0.0687. The average Bonchev–Trinajstić information content (AvgIpc) is 2.72. The first-order valence-corrected chi connectivity index (χ1v) is 11.1. The highest BCUT2D eigenvalue weighted by molar-refractivity contribution is 9.10. The van der Waals surface area contributed by atoms with Gasteiger partial charge in [-0.15, -0.1) is 0 Å². The van der Waals surface area contributed by atoms with Crippen molar-refractivity contribution in [3.63, 3.8) is 0 Å². The lowest BCUT2D eigenvalue weighted by Gasteiger charge is -2.10. The molecule has 2 N–H and O–H groups in total. The fourth-order valence-electron chi connectivity index (χ4n) is 2.70. The van der Waals surface area contributed by atoms with Crippen LogP contribution in [-0.2, 0) is 9.59 Å². The number of carbonyl (C=O) groups excluding carboxylic acids is 2. The number of rotatable bonds is 6. The van der Waals surface area contributed by atoms with Crippen molar-refractivity contribution in [3.05, 3.63) is 86.6 Å². The summed E-state index contributed by atoms with van der Waals surface area (Å²) in [6, 6.07) is 18.0. The van der Waals surface area contributed by atoms with Crippen molar-refractivity contribution in [1.82, 2.24) is 9.97 Å². The summed E-state index contributed by atoms with van der Waals surface area (Å²) in [4.78, 5) is 34.3. The van der Waals surface area contributed by atoms with Gasteiger partial charge in [-0.05, 0) is 79.2 Å². The zero-order chi connectivity index (χ0) is 22.4. The van der Waals surface area contributed by atoms with Crippen LogP contribution in [0.1, 0.15) is 30.9 Å². The van der Waals surface area contributed by atoms with Gasteiger partial charge in [-0.25, -0.2) is 9.97 Å². The summed E-state index contributed by atoms with van der Waals surface area (Å²) >= 11 is 6.54. The molecule has 3 aromatic rings. The van der Waals surface area contributed by atoms with Crippen molar-refractivity contribution < 1.29 is 9.59 Å². The SMILES string of the molecule is CC(C)c1ccc(C=C(C(=O)Nc2cccc(Br)n2)C(=O)Nc2cccc(Br)n2)cc1. The maximum atomic E-state index is 13.0. The molecule has 1 aromatic carbocycles. The third kappa shape index (κ3) is 6.57. The second kappa shape index (κ2) is 10.5. The third-order valence-electron chi connectivity index (χ3n) is 4.32. The van der Waals surface area contributed by atoms with Gasteiger partial charge >= 0.3 is 0 Å². The predicted octanol–water partition coefficient (Wildman–Crippen LogP) is 5.79. The van der Waals surface area contributed by atoms with Gasteiger partial charge in [-0.1, -0.05) is 50.2 Å². The Bertz CT molecular complexity index is 1070. The van der Waals surface area contributed by atoms with Crippen LogP contribution < -0.4 is 10.6 Å². The third-order valence-corrected chi connectivity index (χ3v) is 5.20. The first-order valence-electron chi connectivity index (χ1n) is 9.51. The molecule has 0 aliphatic heterocycles. The molecule has 2 heterocycles. The van der Waals surface area contributed by atoms with E-state index in [1.165, 1.54) is 5.56 Å². The Morgan fingerprint density at radius 2 is 1.29 bits per heavy atom. The lowest BCUT2D eigenvalue weighted by atomic mass is 10.0. The summed E-state index contributed by atoms with van der Waals surface area (Å²) in [5, 5.41) is 5.34. The van der Waals surface area contributed by atoms with Crippen LogP contribution in [0.15, 0.2) is 75.4 Å². The number of anilines is 2. The Labute approximate surface area is 197 Å². The Balaban J connectivity index is 1.91. The standard InChI is InChI=1S/C23H20Br2N4O2/c1-14(2)16-11-9-15(10-12-16)13-17(22(30)28-20-7-3-5-18(24)26-20)23(31)29-21-8-4-6-19(25)27-21/h3-14H,1-2H3,(H,26,28,30)(H,27,29,31). The highest BCUT2D eigenvalue weighted by Crippen LogP contribution is 2.18. The van der Waals surface area contributed by atoms with Crippen LogP contribution in [0, 0.1) is 0 Å². The Morgan fingerprint density at radius 1 is 0.806 bits per heavy atom. The van der Waals surface area contributed by atoms with Gasteiger partial charge in [0.2, 0.25) is 0 Å². The van der Waals surface area contributed by atoms with Crippen LogP contribution >= 0.6 is 31.9 Å². The summed E-state index contributed by atoms with van der Waals surface area (Å²) in [7, 11) is 0. The molecule has 3 rings (SSSR count). The molecular formula is C23H20Br2N4O2. The van der Waals surface area contributed by atoms with Gasteiger partial charge in [0.15, 0.2) is 0 Å². The van der Waals surface area contributed by atoms with E-state index < -0.39 is 11.8 Å². The van der Waals surface area contributed by atoms with Gasteiger partial charge in [0.1, 0.15) is 26.4 Å². The maximum Gasteiger partial charge on any atom is 0.262 e. The van der Waals surface area contributed by atoms with Gasteiger partial charge in [0.25, 0.3) is 11.8 Å². The van der Waals surface area contributed by atoms with Gasteiger partial charge in [0.05, 0.1) is 0 Å². The number of nitrogens with one attached hydrogen (secondary N) is 2. The minimum Gasteiger partial charge on any atom is -0.306 e. The van der Waals surface area contributed by atoms with Crippen LogP contribution in [0.5, 0.6) is 0 Å². The van der Waals surface area contributed by atoms with Crippen LogP contribution in [0.4, 0.5) is 11.6 Å². The molecule has 0 unspecified atom stereocenters. The fourth-order valence-corrected chi connectivity index (χ4v) is 3.39. The quantitative estimate of drug-likeness (QED) is 0.178. The lowest BCUT2D eigenvalue weighted by molar-refractivity contribution is -0.118. The molecule has 0 saturated carbocycles. The molecule has 158 valence electrons. The van der Waals surface area contributed by atoms with Crippen LogP contribution in [0.25, 0.3) is 6.08 Å². The first-order chi connectivity index (χ1) is 14.8. The first kappa shape index (κ1) is 22.8. The van der Waals surface area contributed by atoms with Crippen molar-refractivity contribution >= 4 is 61.4 Å². The van der Waals surface area contributed by atoms with Crippen LogP contribution in [-0.4, -0.2) is 21.8 Å². The van der Waals surface area contributed by atoms with E-state index in [2.05, 4.69) is 66.3 Å². The van der Waals surface area contributed by atoms with E-state index in [-0.39, 0.29) is 5.57 Å². The van der Waals surface area contributed by atoms with E-state index in [9.17, 15) is 9.59 Å². The number of aromatic nitrogens is 2. The van der Waals surface area contributed by atoms with E-state index in [1.54, 1.807) is 42.5 Å². The molecule has 31 heavy (non-hydrogen) atoms. The second-order valence-electron chi connectivity index (χ2n) is 6.98. The number of amides is 2. The molecule has 8 heteroatoms. The summed E-state index contributed by atoms with van der Waals surface area (Å²) in [6.07, 6.45) is 1.55. The van der Waals surface area contributed by atoms with Crippen LogP contribution in [0.2, 0.25) is 0 Å². The lowest BCUT2D eigenvalue weighted by Crippen LogP contribution is -2.26. The molecule has 0 fully saturated rings. The number of pyridine rings is 2. The average molecular weight is 544 g/mol. The molecule has 2 aromatic heterocycles. The fraction of sp³-hybridized carbons (Fsp3) is 0.130. The highest BCUT2D eigenvalue weighted by atomic mass is 79.9. The van der Waals surface area contributed by atoms with Crippen LogP contribution in [0.3, 0.4) is 0 Å². The van der Waals surface area contributed by atoms with Gasteiger partial charge in [-0.3, -0.25) is 9.59 Å². The molecule has 2 amide bonds. The van der Waals surface area contributed by atoms with Crippen molar-refractivity contribution in [3.8, 4) is 0 Å². The van der Waals surface area contributed by atoms with Crippen molar-refractivity contribution in [2.75, 3.05) is 10.6 Å². The largest absolute Gasteiger partial charge is 0.306 e. The number of hydrogen-bond donors (Lipinski definition) is 2. The van der Waals surface area contributed by atoms with E-state index in [4.69, 9.17) is 0 Å². The summed E-state index contributed by atoms with van der Waals surface area (Å²) in [5.74, 6) is -0.117. The Morgan fingerprint density at radius 3 is 1.71 bits per heavy atom. The molecule has 0 bridgehead atoms. The summed E-state index contributed by atoms with van der Waals surface area (Å²) in [6.45, 7) is 4.21. The molecule has 0 saturated heterocycles. The number of halogens is 2. The number of nitrogens with zero attached hydrogens (tertiary/aromatic N) is 2. The molecule has 0 spiro atoms. The number of carbonyl (C=O) groups is 2. The van der Waals surface area contributed by atoms with Crippen molar-refractivity contribution in [1.29, 1.82) is 0 Å². The molecule has 0 aliphatic carbocycles. The van der Waals surface area contributed by atoms with Crippen molar-refractivity contribution in [2.24, 2.45) is 0 Å². The van der Waals surface area contributed by atoms with E-state index >= 15 is 0 Å². The van der Waals surface area contributed by atoms with E-state index in [0.717, 1.165) is 5.56 Å². The predicted molar refractivity (Wildman–Crippen MR) is 130 cm³/mol. The van der Waals surface area contributed by atoms with Gasteiger partial charge < -0.3 is 10.6 Å². The summed E-state index contributed by atoms with van der Waals surface area (Å²) < 4.78 is 1.14. The zero-order valence-corrected chi connectivity index (χ0v) is 20.1. The monoisotopic (exact) mass is 542 g/mol. The van der Waals surface area contributed by atoms with E-state index in [1.807, 2.05) is 24.3 Å². The topological polar surface area (TPSA) is 84.0 Å². The normalized spacial score (nSPS) is 10.5. The molecule has 6 nitrogen and oxygen atoms in total. The smallest absolute Gasteiger partial charge is 0.262 e. The van der Waals surface area contributed by atoms with E-state index in [0.29, 0.717) is 26.8 Å². The van der Waals surface area contributed by atoms with Crippen molar-refractivity contribution in [2.45, 2.75) is 19.8 Å². The molecule has 0 atom stereocenters. The highest BCUT2D eigenvalue weighted by Gasteiger charge is 2.20. The molecule has 0 aliphatic rings. The summed E-state index contributed by atoms with van der Waals surface area (Å²) in [5.41, 5.74) is 1.83. The number of hydrogen-bond acceptors (Lipinski definition) is 4. The maximum absolute atomic E-state index is 13.0. The Hall–Kier alpha value is -2.84. The van der Waals surface area contributed by atoms with Gasteiger partial charge in [-0.2, -0.15) is 0 Å².